The summed E-state index contributed by atoms with van der Waals surface area (Å²) in [5, 5.41) is 6.30. The fourth-order valence-electron chi connectivity index (χ4n) is 2.58. The van der Waals surface area contributed by atoms with Gasteiger partial charge in [0.25, 0.3) is 11.8 Å². The van der Waals surface area contributed by atoms with Gasteiger partial charge in [0, 0.05) is 10.0 Å². The van der Waals surface area contributed by atoms with Crippen LogP contribution in [0.15, 0.2) is 73.3 Å². The molecule has 0 fully saturated rings. The Morgan fingerprint density at radius 2 is 1.94 bits per heavy atom. The van der Waals surface area contributed by atoms with Gasteiger partial charge in [-0.15, -0.1) is 0 Å². The summed E-state index contributed by atoms with van der Waals surface area (Å²) < 4.78 is 11.7. The summed E-state index contributed by atoms with van der Waals surface area (Å²) in [5.74, 6) is -1.26. The Morgan fingerprint density at radius 3 is 2.66 bits per heavy atom. The van der Waals surface area contributed by atoms with Crippen LogP contribution in [0.25, 0.3) is 0 Å². The Balaban J connectivity index is 1.66. The maximum Gasteiger partial charge on any atom is 0.343 e. The Hall–Kier alpha value is -3.24. The van der Waals surface area contributed by atoms with Crippen molar-refractivity contribution in [1.82, 2.24) is 10.7 Å². The molecule has 0 saturated heterocycles. The Morgan fingerprint density at radius 1 is 1.12 bits per heavy atom. The summed E-state index contributed by atoms with van der Waals surface area (Å²) in [6.07, 6.45) is 2.69. The molecule has 0 spiro atoms. The van der Waals surface area contributed by atoms with Gasteiger partial charge in [-0.3, -0.25) is 9.59 Å². The zero-order chi connectivity index (χ0) is 23.1. The molecule has 0 aliphatic rings. The summed E-state index contributed by atoms with van der Waals surface area (Å²) in [6, 6.07) is 13.5. The second kappa shape index (κ2) is 10.9. The summed E-state index contributed by atoms with van der Waals surface area (Å²) in [5.41, 5.74) is 4.08. The molecule has 3 rings (SSSR count). The van der Waals surface area contributed by atoms with E-state index < -0.39 is 17.8 Å². The number of esters is 1. The maximum absolute atomic E-state index is 12.6. The largest absolute Gasteiger partial charge is 0.459 e. The lowest BCUT2D eigenvalue weighted by atomic mass is 10.1. The van der Waals surface area contributed by atoms with E-state index in [4.69, 9.17) is 9.15 Å². The fourth-order valence-corrected chi connectivity index (χ4v) is 3.92. The van der Waals surface area contributed by atoms with Crippen molar-refractivity contribution in [3.05, 3.63) is 86.2 Å². The van der Waals surface area contributed by atoms with Gasteiger partial charge in [0.05, 0.1) is 29.1 Å². The van der Waals surface area contributed by atoms with Gasteiger partial charge < -0.3 is 14.5 Å². The SMILES string of the molecule is Cc1cccc(C(=O)Oc2c(Br)cc(Br)cc2C=NNC(=O)CNC(=O)c2ccco2)c1. The molecule has 32 heavy (non-hydrogen) atoms. The van der Waals surface area contributed by atoms with Gasteiger partial charge >= 0.3 is 5.97 Å². The molecule has 0 aliphatic heterocycles. The van der Waals surface area contributed by atoms with Crippen molar-refractivity contribution in [2.45, 2.75) is 6.92 Å². The molecule has 10 heteroatoms. The number of aryl methyl sites for hydroxylation is 1. The minimum absolute atomic E-state index is 0.0976. The zero-order valence-electron chi connectivity index (χ0n) is 16.7. The highest BCUT2D eigenvalue weighted by molar-refractivity contribution is 9.11. The van der Waals surface area contributed by atoms with Crippen molar-refractivity contribution < 1.29 is 23.5 Å². The number of rotatable bonds is 7. The Labute approximate surface area is 200 Å². The molecular weight excluding hydrogens is 546 g/mol. The number of nitrogens with zero attached hydrogens (tertiary/aromatic N) is 1. The second-order valence-corrected chi connectivity index (χ2v) is 8.29. The van der Waals surface area contributed by atoms with E-state index in [-0.39, 0.29) is 18.1 Å². The number of ether oxygens (including phenoxy) is 1. The molecule has 2 aromatic carbocycles. The van der Waals surface area contributed by atoms with Crippen molar-refractivity contribution in [3.63, 3.8) is 0 Å². The van der Waals surface area contributed by atoms with Crippen molar-refractivity contribution in [1.29, 1.82) is 0 Å². The number of nitrogens with one attached hydrogen (secondary N) is 2. The van der Waals surface area contributed by atoms with Crippen LogP contribution in [0.2, 0.25) is 0 Å². The predicted molar refractivity (Wildman–Crippen MR) is 125 cm³/mol. The van der Waals surface area contributed by atoms with Gasteiger partial charge in [0.15, 0.2) is 11.5 Å². The average molecular weight is 563 g/mol. The molecule has 0 atom stereocenters. The number of carbonyl (C=O) groups is 3. The zero-order valence-corrected chi connectivity index (χ0v) is 19.9. The topological polar surface area (TPSA) is 110 Å². The number of hydrazone groups is 1. The van der Waals surface area contributed by atoms with Gasteiger partial charge in [-0.2, -0.15) is 5.10 Å². The number of hydrogen-bond acceptors (Lipinski definition) is 6. The molecule has 2 amide bonds. The van der Waals surface area contributed by atoms with Gasteiger partial charge in [0.1, 0.15) is 0 Å². The molecule has 164 valence electrons. The van der Waals surface area contributed by atoms with Crippen molar-refractivity contribution in [3.8, 4) is 5.75 Å². The van der Waals surface area contributed by atoms with E-state index in [1.165, 1.54) is 18.5 Å². The number of furan rings is 1. The maximum atomic E-state index is 12.6. The van der Waals surface area contributed by atoms with E-state index in [0.29, 0.717) is 20.1 Å². The minimum atomic E-state index is -0.548. The lowest BCUT2D eigenvalue weighted by molar-refractivity contribution is -0.120. The molecule has 2 N–H and O–H groups in total. The highest BCUT2D eigenvalue weighted by Gasteiger charge is 2.16. The van der Waals surface area contributed by atoms with E-state index in [0.717, 1.165) is 5.56 Å². The molecule has 1 aromatic heterocycles. The number of benzene rings is 2. The first-order valence-corrected chi connectivity index (χ1v) is 10.8. The summed E-state index contributed by atoms with van der Waals surface area (Å²) in [6.45, 7) is 1.58. The predicted octanol–water partition coefficient (Wildman–Crippen LogP) is 4.21. The van der Waals surface area contributed by atoms with Crippen LogP contribution >= 0.6 is 31.9 Å². The van der Waals surface area contributed by atoms with Crippen LogP contribution in [0.3, 0.4) is 0 Å². The molecule has 0 aliphatic carbocycles. The van der Waals surface area contributed by atoms with Crippen LogP contribution < -0.4 is 15.5 Å². The number of amides is 2. The molecule has 8 nitrogen and oxygen atoms in total. The average Bonchev–Trinajstić information content (AvgIpc) is 3.29. The van der Waals surface area contributed by atoms with Gasteiger partial charge in [0.2, 0.25) is 0 Å². The monoisotopic (exact) mass is 561 g/mol. The third-order valence-electron chi connectivity index (χ3n) is 4.03. The lowest BCUT2D eigenvalue weighted by Crippen LogP contribution is -2.34. The van der Waals surface area contributed by atoms with E-state index in [2.05, 4.69) is 47.7 Å². The van der Waals surface area contributed by atoms with Gasteiger partial charge in [-0.05, 0) is 59.3 Å². The van der Waals surface area contributed by atoms with Crippen LogP contribution in [-0.4, -0.2) is 30.5 Å². The fraction of sp³-hybridized carbons (Fsp3) is 0.0909. The third kappa shape index (κ3) is 6.38. The van der Waals surface area contributed by atoms with Gasteiger partial charge in [-0.25, -0.2) is 10.2 Å². The number of halogens is 2. The highest BCUT2D eigenvalue weighted by Crippen LogP contribution is 2.32. The molecule has 1 heterocycles. The summed E-state index contributed by atoms with van der Waals surface area (Å²) in [4.78, 5) is 36.3. The first kappa shape index (κ1) is 23.4. The van der Waals surface area contributed by atoms with E-state index in [1.54, 1.807) is 36.4 Å². The number of carbonyl (C=O) groups excluding carboxylic acids is 3. The molecule has 3 aromatic rings. The van der Waals surface area contributed by atoms with Crippen LogP contribution in [0.1, 0.15) is 32.0 Å². The molecule has 0 bridgehead atoms. The quantitative estimate of drug-likeness (QED) is 0.194. The minimum Gasteiger partial charge on any atom is -0.459 e. The molecule has 0 unspecified atom stereocenters. The van der Waals surface area contributed by atoms with Crippen molar-refractivity contribution >= 4 is 55.9 Å². The van der Waals surface area contributed by atoms with Crippen LogP contribution in [0.4, 0.5) is 0 Å². The summed E-state index contributed by atoms with van der Waals surface area (Å²) in [7, 11) is 0. The highest BCUT2D eigenvalue weighted by atomic mass is 79.9. The van der Waals surface area contributed by atoms with Crippen LogP contribution in [0.5, 0.6) is 5.75 Å². The van der Waals surface area contributed by atoms with E-state index in [9.17, 15) is 14.4 Å². The van der Waals surface area contributed by atoms with Crippen LogP contribution in [-0.2, 0) is 4.79 Å². The van der Waals surface area contributed by atoms with E-state index in [1.807, 2.05) is 13.0 Å². The number of hydrogen-bond donors (Lipinski definition) is 2. The molecule has 0 saturated carbocycles. The molecular formula is C22H17Br2N3O5. The normalized spacial score (nSPS) is 10.7. The standard InChI is InChI=1S/C22H17Br2N3O5/c1-13-4-2-5-14(8-13)22(30)32-20-15(9-16(23)10-17(20)24)11-26-27-19(28)12-25-21(29)18-6-3-7-31-18/h2-11H,12H2,1H3,(H,25,29)(H,27,28). The molecule has 0 radical (unpaired) electrons. The Bertz CT molecular complexity index is 1180. The third-order valence-corrected chi connectivity index (χ3v) is 5.08. The first-order valence-electron chi connectivity index (χ1n) is 9.25. The van der Waals surface area contributed by atoms with Crippen LogP contribution in [0, 0.1) is 6.92 Å². The Kier molecular flexibility index (Phi) is 7.96. The van der Waals surface area contributed by atoms with Crippen molar-refractivity contribution in [2.24, 2.45) is 5.10 Å². The lowest BCUT2D eigenvalue weighted by Gasteiger charge is -2.11. The second-order valence-electron chi connectivity index (χ2n) is 6.52. The summed E-state index contributed by atoms with van der Waals surface area (Å²) >= 11 is 6.75. The van der Waals surface area contributed by atoms with E-state index >= 15 is 0 Å². The first-order chi connectivity index (χ1) is 15.3. The smallest absolute Gasteiger partial charge is 0.343 e. The van der Waals surface area contributed by atoms with Crippen molar-refractivity contribution in [2.75, 3.05) is 6.54 Å². The van der Waals surface area contributed by atoms with Gasteiger partial charge in [-0.1, -0.05) is 33.6 Å².